The molecular formula is C19H15N3. The summed E-state index contributed by atoms with van der Waals surface area (Å²) in [5.74, 6) is -0.978. The average molecular weight is 285 g/mol. The lowest BCUT2D eigenvalue weighted by Crippen LogP contribution is -2.11. The molecule has 3 aromatic rings. The third-order valence-corrected chi connectivity index (χ3v) is 4.00. The maximum atomic E-state index is 9.40. The smallest absolute Gasteiger partial charge is 0.144 e. The zero-order valence-corrected chi connectivity index (χ0v) is 12.2. The van der Waals surface area contributed by atoms with Gasteiger partial charge >= 0.3 is 0 Å². The van der Waals surface area contributed by atoms with E-state index < -0.39 is 5.92 Å². The molecule has 1 heterocycles. The number of H-pyrrole nitrogens is 1. The fraction of sp³-hybridized carbons (Fsp3) is 0.158. The molecule has 0 aliphatic carbocycles. The predicted molar refractivity (Wildman–Crippen MR) is 86.0 cm³/mol. The average Bonchev–Trinajstić information content (AvgIpc) is 2.97. The van der Waals surface area contributed by atoms with Crippen LogP contribution in [-0.4, -0.2) is 4.98 Å². The molecule has 0 aliphatic heterocycles. The van der Waals surface area contributed by atoms with Crippen molar-refractivity contribution in [3.8, 4) is 12.1 Å². The largest absolute Gasteiger partial charge is 0.361 e. The Labute approximate surface area is 129 Å². The molecule has 3 rings (SSSR count). The standard InChI is InChI=1S/C19H15N3/c1-13-6-8-14(9-7-13)19(15(10-20)11-21)17-12-22-18-5-3-2-4-16(17)18/h2-9,12,15,19,22H,1H3. The highest BCUT2D eigenvalue weighted by atomic mass is 14.7. The summed E-state index contributed by atoms with van der Waals surface area (Å²) < 4.78 is 0. The normalized spacial score (nSPS) is 12.0. The number of benzene rings is 2. The first-order valence-corrected chi connectivity index (χ1v) is 7.16. The molecule has 1 N–H and O–H groups in total. The van der Waals surface area contributed by atoms with Crippen molar-refractivity contribution in [3.05, 3.63) is 71.4 Å². The van der Waals surface area contributed by atoms with Crippen molar-refractivity contribution < 1.29 is 0 Å². The van der Waals surface area contributed by atoms with Crippen LogP contribution in [-0.2, 0) is 0 Å². The summed E-state index contributed by atoms with van der Waals surface area (Å²) >= 11 is 0. The number of aromatic nitrogens is 1. The quantitative estimate of drug-likeness (QED) is 0.781. The number of para-hydroxylation sites is 1. The van der Waals surface area contributed by atoms with Crippen molar-refractivity contribution in [1.29, 1.82) is 10.5 Å². The van der Waals surface area contributed by atoms with Crippen LogP contribution in [0.4, 0.5) is 0 Å². The summed E-state index contributed by atoms with van der Waals surface area (Å²) in [5.41, 5.74) is 4.16. The molecule has 1 atom stereocenters. The van der Waals surface area contributed by atoms with Gasteiger partial charge in [0.2, 0.25) is 0 Å². The second-order valence-corrected chi connectivity index (χ2v) is 5.41. The highest BCUT2D eigenvalue weighted by molar-refractivity contribution is 5.84. The molecule has 0 amide bonds. The molecule has 1 unspecified atom stereocenters. The van der Waals surface area contributed by atoms with Crippen LogP contribution < -0.4 is 0 Å². The maximum absolute atomic E-state index is 9.40. The molecule has 0 bridgehead atoms. The van der Waals surface area contributed by atoms with Crippen LogP contribution in [0.3, 0.4) is 0 Å². The van der Waals surface area contributed by atoms with E-state index in [1.807, 2.05) is 61.7 Å². The third-order valence-electron chi connectivity index (χ3n) is 4.00. The van der Waals surface area contributed by atoms with Crippen LogP contribution in [0.5, 0.6) is 0 Å². The molecule has 0 aliphatic rings. The van der Waals surface area contributed by atoms with Crippen LogP contribution in [0.2, 0.25) is 0 Å². The Kier molecular flexibility index (Phi) is 3.64. The van der Waals surface area contributed by atoms with Crippen LogP contribution in [0.25, 0.3) is 10.9 Å². The van der Waals surface area contributed by atoms with E-state index in [-0.39, 0.29) is 5.92 Å². The number of rotatable bonds is 3. The van der Waals surface area contributed by atoms with Gasteiger partial charge < -0.3 is 4.98 Å². The molecular weight excluding hydrogens is 270 g/mol. The summed E-state index contributed by atoms with van der Waals surface area (Å²) in [7, 11) is 0. The van der Waals surface area contributed by atoms with E-state index in [4.69, 9.17) is 0 Å². The molecule has 0 radical (unpaired) electrons. The van der Waals surface area contributed by atoms with Crippen molar-refractivity contribution in [1.82, 2.24) is 4.98 Å². The Morgan fingerprint density at radius 3 is 2.32 bits per heavy atom. The summed E-state index contributed by atoms with van der Waals surface area (Å²) in [4.78, 5) is 3.23. The van der Waals surface area contributed by atoms with E-state index in [1.165, 1.54) is 0 Å². The lowest BCUT2D eigenvalue weighted by molar-refractivity contribution is 0.714. The Hall–Kier alpha value is -3.04. The lowest BCUT2D eigenvalue weighted by Gasteiger charge is -2.18. The van der Waals surface area contributed by atoms with E-state index in [2.05, 4.69) is 17.1 Å². The second-order valence-electron chi connectivity index (χ2n) is 5.41. The summed E-state index contributed by atoms with van der Waals surface area (Å²) in [6, 6.07) is 20.3. The van der Waals surface area contributed by atoms with E-state index >= 15 is 0 Å². The van der Waals surface area contributed by atoms with E-state index in [1.54, 1.807) is 0 Å². The molecule has 0 fully saturated rings. The molecule has 0 spiro atoms. The first-order chi connectivity index (χ1) is 10.7. The summed E-state index contributed by atoms with van der Waals surface area (Å²) in [6.07, 6.45) is 1.91. The fourth-order valence-electron chi connectivity index (χ4n) is 2.85. The highest BCUT2D eigenvalue weighted by Gasteiger charge is 2.27. The molecule has 106 valence electrons. The van der Waals surface area contributed by atoms with Gasteiger partial charge in [-0.15, -0.1) is 0 Å². The first kappa shape index (κ1) is 13.9. The molecule has 22 heavy (non-hydrogen) atoms. The molecule has 2 aromatic carbocycles. The van der Waals surface area contributed by atoms with Gasteiger partial charge in [-0.2, -0.15) is 10.5 Å². The zero-order chi connectivity index (χ0) is 15.5. The minimum atomic E-state index is -0.720. The monoisotopic (exact) mass is 285 g/mol. The minimum absolute atomic E-state index is 0.258. The maximum Gasteiger partial charge on any atom is 0.144 e. The zero-order valence-electron chi connectivity index (χ0n) is 12.2. The number of hydrogen-bond acceptors (Lipinski definition) is 2. The van der Waals surface area contributed by atoms with Crippen LogP contribution in [0.15, 0.2) is 54.7 Å². The second kappa shape index (κ2) is 5.76. The SMILES string of the molecule is Cc1ccc(C(c2c[nH]c3ccccc23)C(C#N)C#N)cc1. The summed E-state index contributed by atoms with van der Waals surface area (Å²) in [5, 5.41) is 19.9. The summed E-state index contributed by atoms with van der Waals surface area (Å²) in [6.45, 7) is 2.02. The van der Waals surface area contributed by atoms with Gasteiger partial charge in [0.1, 0.15) is 5.92 Å². The van der Waals surface area contributed by atoms with Gasteiger partial charge in [0.05, 0.1) is 12.1 Å². The number of nitrogens with one attached hydrogen (secondary N) is 1. The van der Waals surface area contributed by atoms with Crippen LogP contribution in [0, 0.1) is 35.5 Å². The van der Waals surface area contributed by atoms with Crippen molar-refractivity contribution >= 4 is 10.9 Å². The molecule has 3 nitrogen and oxygen atoms in total. The molecule has 1 aromatic heterocycles. The Bertz CT molecular complexity index is 861. The number of aryl methyl sites for hydroxylation is 1. The number of aromatic amines is 1. The molecule has 0 saturated heterocycles. The van der Waals surface area contributed by atoms with Crippen molar-refractivity contribution in [2.45, 2.75) is 12.8 Å². The number of hydrogen-bond donors (Lipinski definition) is 1. The Morgan fingerprint density at radius 1 is 0.955 bits per heavy atom. The van der Waals surface area contributed by atoms with Gasteiger partial charge in [0.25, 0.3) is 0 Å². The van der Waals surface area contributed by atoms with Crippen LogP contribution >= 0.6 is 0 Å². The first-order valence-electron chi connectivity index (χ1n) is 7.16. The Morgan fingerprint density at radius 2 is 1.64 bits per heavy atom. The van der Waals surface area contributed by atoms with E-state index in [9.17, 15) is 10.5 Å². The van der Waals surface area contributed by atoms with Gasteiger partial charge in [0, 0.05) is 23.0 Å². The number of fused-ring (bicyclic) bond motifs is 1. The molecule has 3 heteroatoms. The predicted octanol–water partition coefficient (Wildman–Crippen LogP) is 4.27. The van der Waals surface area contributed by atoms with Gasteiger partial charge in [-0.1, -0.05) is 48.0 Å². The molecule has 0 saturated carbocycles. The fourth-order valence-corrected chi connectivity index (χ4v) is 2.85. The number of nitrogens with zero attached hydrogens (tertiary/aromatic N) is 2. The van der Waals surface area contributed by atoms with E-state index in [0.29, 0.717) is 0 Å². The third kappa shape index (κ3) is 2.34. The lowest BCUT2D eigenvalue weighted by atomic mass is 9.81. The van der Waals surface area contributed by atoms with Gasteiger partial charge in [-0.3, -0.25) is 0 Å². The van der Waals surface area contributed by atoms with Crippen LogP contribution in [0.1, 0.15) is 22.6 Å². The van der Waals surface area contributed by atoms with E-state index in [0.717, 1.165) is 27.6 Å². The van der Waals surface area contributed by atoms with Gasteiger partial charge in [-0.25, -0.2) is 0 Å². The highest BCUT2D eigenvalue weighted by Crippen LogP contribution is 2.36. The van der Waals surface area contributed by atoms with Crippen molar-refractivity contribution in [2.24, 2.45) is 5.92 Å². The Balaban J connectivity index is 2.20. The van der Waals surface area contributed by atoms with Gasteiger partial charge in [0.15, 0.2) is 0 Å². The van der Waals surface area contributed by atoms with Crippen molar-refractivity contribution in [2.75, 3.05) is 0 Å². The topological polar surface area (TPSA) is 63.4 Å². The number of nitriles is 2. The van der Waals surface area contributed by atoms with Gasteiger partial charge in [-0.05, 0) is 24.1 Å². The minimum Gasteiger partial charge on any atom is -0.361 e. The van der Waals surface area contributed by atoms with Crippen molar-refractivity contribution in [3.63, 3.8) is 0 Å².